The van der Waals surface area contributed by atoms with Crippen molar-refractivity contribution in [2.45, 2.75) is 52.9 Å². The van der Waals surface area contributed by atoms with Crippen LogP contribution in [0.3, 0.4) is 0 Å². The Morgan fingerprint density at radius 2 is 1.77 bits per heavy atom. The molecule has 0 saturated heterocycles. The maximum Gasteiger partial charge on any atom is 0.232 e. The number of carbonyl (C=O) groups is 2. The Morgan fingerprint density at radius 1 is 1.00 bits per heavy atom. The number of aryl methyl sites for hydroxylation is 1. The fourth-order valence-corrected chi connectivity index (χ4v) is 5.09. The first kappa shape index (κ1) is 19.9. The summed E-state index contributed by atoms with van der Waals surface area (Å²) in [6.45, 7) is 8.49. The van der Waals surface area contributed by atoms with Crippen molar-refractivity contribution in [2.75, 3.05) is 11.7 Å². The third-order valence-corrected chi connectivity index (χ3v) is 6.76. The Balaban J connectivity index is 1.69. The Kier molecular flexibility index (Phi) is 4.47. The van der Waals surface area contributed by atoms with Crippen molar-refractivity contribution in [2.24, 2.45) is 5.41 Å². The molecule has 5 rings (SSSR count). The topological polar surface area (TPSA) is 55.8 Å². The number of Topliss-reactive ketones (excluding diaryl/α,β-unsaturated/α-hetero) is 1. The van der Waals surface area contributed by atoms with Gasteiger partial charge in [0.2, 0.25) is 12.7 Å². The van der Waals surface area contributed by atoms with Crippen LogP contribution in [0.1, 0.15) is 55.7 Å². The summed E-state index contributed by atoms with van der Waals surface area (Å²) in [4.78, 5) is 28.8. The number of amides is 1. The number of allylic oxidation sites excluding steroid dienone is 2. The van der Waals surface area contributed by atoms with Crippen LogP contribution in [-0.4, -0.2) is 18.5 Å². The second kappa shape index (κ2) is 6.98. The van der Waals surface area contributed by atoms with Crippen LogP contribution in [0, 0.1) is 19.3 Å². The van der Waals surface area contributed by atoms with Crippen molar-refractivity contribution >= 4 is 17.4 Å². The van der Waals surface area contributed by atoms with Gasteiger partial charge in [0.15, 0.2) is 17.3 Å². The van der Waals surface area contributed by atoms with E-state index in [4.69, 9.17) is 9.47 Å². The highest BCUT2D eigenvalue weighted by Crippen LogP contribution is 2.49. The van der Waals surface area contributed by atoms with Crippen molar-refractivity contribution < 1.29 is 19.1 Å². The second-order valence-corrected chi connectivity index (χ2v) is 9.62. The minimum absolute atomic E-state index is 0.0283. The van der Waals surface area contributed by atoms with Gasteiger partial charge in [-0.25, -0.2) is 0 Å². The number of anilines is 1. The lowest BCUT2D eigenvalue weighted by Gasteiger charge is -2.43. The van der Waals surface area contributed by atoms with Crippen LogP contribution < -0.4 is 14.4 Å². The smallest absolute Gasteiger partial charge is 0.232 e. The molecule has 0 N–H and O–H groups in total. The summed E-state index contributed by atoms with van der Waals surface area (Å²) in [5.74, 6) is 1.28. The van der Waals surface area contributed by atoms with Crippen LogP contribution in [0.5, 0.6) is 11.5 Å². The molecule has 0 bridgehead atoms. The molecule has 1 aliphatic carbocycles. The predicted octanol–water partition coefficient (Wildman–Crippen LogP) is 5.20. The summed E-state index contributed by atoms with van der Waals surface area (Å²) >= 11 is 0. The molecule has 2 aromatic carbocycles. The minimum Gasteiger partial charge on any atom is -0.454 e. The largest absolute Gasteiger partial charge is 0.454 e. The van der Waals surface area contributed by atoms with Crippen LogP contribution in [-0.2, 0) is 9.59 Å². The highest BCUT2D eigenvalue weighted by molar-refractivity contribution is 6.08. The van der Waals surface area contributed by atoms with Gasteiger partial charge in [-0.3, -0.25) is 14.5 Å². The minimum atomic E-state index is -0.262. The molecule has 3 aliphatic rings. The Hall–Kier alpha value is -3.08. The molecule has 0 saturated carbocycles. The third-order valence-electron chi connectivity index (χ3n) is 6.76. The zero-order valence-corrected chi connectivity index (χ0v) is 18.5. The third kappa shape index (κ3) is 3.23. The molecule has 5 nitrogen and oxygen atoms in total. The van der Waals surface area contributed by atoms with Gasteiger partial charge in [-0.15, -0.1) is 0 Å². The lowest BCUT2D eigenvalue weighted by molar-refractivity contribution is -0.121. The zero-order chi connectivity index (χ0) is 21.9. The molecule has 2 aliphatic heterocycles. The van der Waals surface area contributed by atoms with Crippen LogP contribution >= 0.6 is 0 Å². The molecule has 160 valence electrons. The van der Waals surface area contributed by atoms with Gasteiger partial charge in [-0.1, -0.05) is 32.0 Å². The Morgan fingerprint density at radius 3 is 2.58 bits per heavy atom. The van der Waals surface area contributed by atoms with Gasteiger partial charge in [0, 0.05) is 30.0 Å². The highest BCUT2D eigenvalue weighted by Gasteiger charge is 2.44. The van der Waals surface area contributed by atoms with Crippen molar-refractivity contribution in [1.29, 1.82) is 0 Å². The molecule has 2 heterocycles. The maximum absolute atomic E-state index is 13.6. The number of benzene rings is 2. The number of nitrogens with zero attached hydrogens (tertiary/aromatic N) is 1. The van der Waals surface area contributed by atoms with E-state index in [0.717, 1.165) is 33.6 Å². The highest BCUT2D eigenvalue weighted by atomic mass is 16.7. The number of hydrogen-bond acceptors (Lipinski definition) is 4. The van der Waals surface area contributed by atoms with E-state index >= 15 is 0 Å². The van der Waals surface area contributed by atoms with Gasteiger partial charge in [0.25, 0.3) is 0 Å². The molecule has 5 heteroatoms. The second-order valence-electron chi connectivity index (χ2n) is 9.62. The van der Waals surface area contributed by atoms with Gasteiger partial charge < -0.3 is 9.47 Å². The van der Waals surface area contributed by atoms with Crippen LogP contribution in [0.4, 0.5) is 5.69 Å². The number of fused-ring (bicyclic) bond motifs is 1. The molecule has 1 atom stereocenters. The van der Waals surface area contributed by atoms with Gasteiger partial charge in [-0.2, -0.15) is 0 Å². The lowest BCUT2D eigenvalue weighted by Crippen LogP contribution is -2.44. The van der Waals surface area contributed by atoms with Crippen molar-refractivity contribution in [3.8, 4) is 11.5 Å². The van der Waals surface area contributed by atoms with Crippen LogP contribution in [0.15, 0.2) is 47.7 Å². The van der Waals surface area contributed by atoms with E-state index in [1.807, 2.05) is 55.1 Å². The van der Waals surface area contributed by atoms with Crippen molar-refractivity contribution in [3.05, 3.63) is 64.4 Å². The Bertz CT molecular complexity index is 1140. The average molecular weight is 418 g/mol. The normalized spacial score (nSPS) is 22.1. The molecule has 0 fully saturated rings. The van der Waals surface area contributed by atoms with E-state index in [1.165, 1.54) is 0 Å². The summed E-state index contributed by atoms with van der Waals surface area (Å²) in [5, 5.41) is 0. The monoisotopic (exact) mass is 417 g/mol. The molecule has 1 unspecified atom stereocenters. The van der Waals surface area contributed by atoms with E-state index in [1.54, 1.807) is 0 Å². The number of ether oxygens (including phenoxy) is 2. The van der Waals surface area contributed by atoms with E-state index < -0.39 is 0 Å². The first-order valence-electron chi connectivity index (χ1n) is 10.8. The summed E-state index contributed by atoms with van der Waals surface area (Å²) < 4.78 is 11.0. The van der Waals surface area contributed by atoms with Gasteiger partial charge in [-0.05, 0) is 60.6 Å². The van der Waals surface area contributed by atoms with Gasteiger partial charge in [0.05, 0.1) is 5.69 Å². The van der Waals surface area contributed by atoms with Crippen LogP contribution in [0.25, 0.3) is 0 Å². The number of rotatable bonds is 2. The van der Waals surface area contributed by atoms with Crippen molar-refractivity contribution in [1.82, 2.24) is 0 Å². The Labute approximate surface area is 182 Å². The standard InChI is InChI=1S/C26H27NO4/c1-15-6-5-7-19(16(15)2)27-20-12-26(3,4)13-21(28)25(20)18(11-24(27)29)17-8-9-22-23(10-17)31-14-30-22/h5-10,18H,11-14H2,1-4H3. The molecular formula is C26H27NO4. The molecule has 2 aromatic rings. The fraction of sp³-hybridized carbons (Fsp3) is 0.385. The molecule has 0 aromatic heterocycles. The zero-order valence-electron chi connectivity index (χ0n) is 18.5. The summed E-state index contributed by atoms with van der Waals surface area (Å²) in [7, 11) is 0. The number of hydrogen-bond donors (Lipinski definition) is 0. The average Bonchev–Trinajstić information content (AvgIpc) is 3.17. The van der Waals surface area contributed by atoms with Gasteiger partial charge in [0.1, 0.15) is 0 Å². The van der Waals surface area contributed by atoms with E-state index in [2.05, 4.69) is 13.8 Å². The molecule has 1 amide bonds. The summed E-state index contributed by atoms with van der Waals surface area (Å²) in [6.07, 6.45) is 1.44. The molecule has 31 heavy (non-hydrogen) atoms. The number of carbonyl (C=O) groups excluding carboxylic acids is 2. The quantitative estimate of drug-likeness (QED) is 0.674. The lowest BCUT2D eigenvalue weighted by atomic mass is 9.69. The molecule has 0 radical (unpaired) electrons. The molecular weight excluding hydrogens is 390 g/mol. The van der Waals surface area contributed by atoms with E-state index in [-0.39, 0.29) is 36.2 Å². The predicted molar refractivity (Wildman–Crippen MR) is 118 cm³/mol. The van der Waals surface area contributed by atoms with Crippen LogP contribution in [0.2, 0.25) is 0 Å². The molecule has 0 spiro atoms. The first-order chi connectivity index (χ1) is 14.7. The van der Waals surface area contributed by atoms with Gasteiger partial charge >= 0.3 is 0 Å². The van der Waals surface area contributed by atoms with E-state index in [0.29, 0.717) is 24.3 Å². The fourth-order valence-electron chi connectivity index (χ4n) is 5.09. The summed E-state index contributed by atoms with van der Waals surface area (Å²) in [5.41, 5.74) is 5.45. The van der Waals surface area contributed by atoms with E-state index in [9.17, 15) is 9.59 Å². The first-order valence-corrected chi connectivity index (χ1v) is 10.8. The maximum atomic E-state index is 13.6. The SMILES string of the molecule is Cc1cccc(N2C(=O)CC(c3ccc4c(c3)OCO4)C3=C2CC(C)(C)CC3=O)c1C. The summed E-state index contributed by atoms with van der Waals surface area (Å²) in [6, 6.07) is 11.8. The van der Waals surface area contributed by atoms with Crippen molar-refractivity contribution in [3.63, 3.8) is 0 Å². The number of ketones is 1.